The SMILES string of the molecule is CNC[C@H](O)CC(NC(=O)OC(C)(C)C)C(=O)N(C)[C@@H](Cc1cc(-c2ccc(OCc3ccccc3)c(C[C@H](NC)C(=O)O)c2)ccc1OCc1ccccc1)C(=O)OCc1ccccc1. The number of nitrogens with zero attached hydrogens (tertiary/aromatic N) is 1. The topological polar surface area (TPSA) is 185 Å². The second-order valence-electron chi connectivity index (χ2n) is 17.0. The third-order valence-corrected chi connectivity index (χ3v) is 10.7. The number of esters is 1. The van der Waals surface area contributed by atoms with E-state index in [9.17, 15) is 29.4 Å². The number of hydrogen-bond donors (Lipinski definition) is 5. The minimum Gasteiger partial charge on any atom is -0.489 e. The number of aliphatic hydroxyl groups excluding tert-OH is 1. The molecule has 0 aliphatic carbocycles. The molecule has 4 atom stereocenters. The lowest BCUT2D eigenvalue weighted by atomic mass is 9.95. The Kier molecular flexibility index (Phi) is 18.7. The van der Waals surface area contributed by atoms with Gasteiger partial charge in [-0.3, -0.25) is 9.59 Å². The van der Waals surface area contributed by atoms with Crippen molar-refractivity contribution in [2.24, 2.45) is 0 Å². The van der Waals surface area contributed by atoms with Crippen LogP contribution in [0.5, 0.6) is 11.5 Å². The number of alkyl carbamates (subject to hydrolysis) is 1. The molecule has 5 aromatic rings. The number of likely N-dealkylation sites (N-methyl/N-ethyl adjacent to an activating group) is 3. The summed E-state index contributed by atoms with van der Waals surface area (Å²) < 4.78 is 24.1. The molecular weight excluding hydrogens is 841 g/mol. The molecule has 350 valence electrons. The van der Waals surface area contributed by atoms with Crippen molar-refractivity contribution >= 4 is 23.9 Å². The Morgan fingerprint density at radius 2 is 1.15 bits per heavy atom. The molecular formula is C52H62N4O10. The van der Waals surface area contributed by atoms with Crippen LogP contribution < -0.4 is 25.4 Å². The molecule has 0 saturated carbocycles. The van der Waals surface area contributed by atoms with Crippen molar-refractivity contribution in [3.8, 4) is 22.6 Å². The Morgan fingerprint density at radius 1 is 0.667 bits per heavy atom. The fraction of sp³-hybridized carbons (Fsp3) is 0.346. The molecule has 0 aromatic heterocycles. The van der Waals surface area contributed by atoms with Crippen LogP contribution in [-0.2, 0) is 56.5 Å². The summed E-state index contributed by atoms with van der Waals surface area (Å²) in [4.78, 5) is 55.5. The zero-order valence-electron chi connectivity index (χ0n) is 38.5. The second-order valence-corrected chi connectivity index (χ2v) is 17.0. The van der Waals surface area contributed by atoms with Crippen LogP contribution in [0.1, 0.15) is 55.0 Å². The van der Waals surface area contributed by atoms with E-state index in [0.717, 1.165) is 22.3 Å². The standard InChI is InChI=1S/C52H62N4O10/c1-52(2,3)66-51(62)55-43(30-42(57)31-53-4)48(58)56(6)45(50(61)65-34-37-20-14-9-15-21-37)29-41-27-39(23-25-47(41)64-33-36-18-12-8-13-19-36)38-22-24-46(63-32-35-16-10-7-11-17-35)40(26-38)28-44(54-5)49(59)60/h7-27,42-45,53-54,57H,28-34H2,1-6H3,(H,55,62)(H,59,60)/t42-,43?,44+,45+/m1/s1. The maximum absolute atomic E-state index is 14.6. The van der Waals surface area contributed by atoms with Gasteiger partial charge in [0.05, 0.1) is 6.10 Å². The predicted molar refractivity (Wildman–Crippen MR) is 252 cm³/mol. The Labute approximate surface area is 387 Å². The predicted octanol–water partition coefficient (Wildman–Crippen LogP) is 6.70. The third-order valence-electron chi connectivity index (χ3n) is 10.7. The van der Waals surface area contributed by atoms with Crippen LogP contribution in [-0.4, -0.2) is 96.6 Å². The molecule has 66 heavy (non-hydrogen) atoms. The molecule has 0 aliphatic rings. The number of carbonyl (C=O) groups is 4. The molecule has 14 heteroatoms. The van der Waals surface area contributed by atoms with Crippen LogP contribution >= 0.6 is 0 Å². The van der Waals surface area contributed by atoms with E-state index in [2.05, 4.69) is 16.0 Å². The summed E-state index contributed by atoms with van der Waals surface area (Å²) in [5, 5.41) is 29.2. The van der Waals surface area contributed by atoms with Crippen LogP contribution in [0.2, 0.25) is 0 Å². The number of aliphatic carboxylic acids is 1. The molecule has 0 spiro atoms. The average Bonchev–Trinajstić information content (AvgIpc) is 3.30. The van der Waals surface area contributed by atoms with Crippen molar-refractivity contribution in [2.45, 2.75) is 89.7 Å². The van der Waals surface area contributed by atoms with Gasteiger partial charge in [0, 0.05) is 32.9 Å². The number of carboxylic acid groups (broad SMARTS) is 1. The first kappa shape index (κ1) is 50.3. The maximum Gasteiger partial charge on any atom is 0.408 e. The number of aliphatic hydroxyl groups is 1. The summed E-state index contributed by atoms with van der Waals surface area (Å²) in [6.07, 6.45) is -2.04. The molecule has 0 radical (unpaired) electrons. The van der Waals surface area contributed by atoms with Crippen molar-refractivity contribution in [3.63, 3.8) is 0 Å². The van der Waals surface area contributed by atoms with Gasteiger partial charge in [-0.05, 0) is 98.1 Å². The van der Waals surface area contributed by atoms with Gasteiger partial charge in [0.15, 0.2) is 0 Å². The summed E-state index contributed by atoms with van der Waals surface area (Å²) in [5.74, 6) is -1.41. The maximum atomic E-state index is 14.6. The van der Waals surface area contributed by atoms with Gasteiger partial charge in [-0.1, -0.05) is 103 Å². The number of benzene rings is 5. The Bertz CT molecular complexity index is 2340. The quantitative estimate of drug-likeness (QED) is 0.0438. The van der Waals surface area contributed by atoms with Gasteiger partial charge >= 0.3 is 18.0 Å². The van der Waals surface area contributed by atoms with Crippen molar-refractivity contribution in [2.75, 3.05) is 27.7 Å². The van der Waals surface area contributed by atoms with Crippen LogP contribution in [0.15, 0.2) is 127 Å². The zero-order chi connectivity index (χ0) is 47.6. The zero-order valence-corrected chi connectivity index (χ0v) is 38.5. The first-order valence-corrected chi connectivity index (χ1v) is 21.9. The number of nitrogens with one attached hydrogen (secondary N) is 3. The van der Waals surface area contributed by atoms with E-state index >= 15 is 0 Å². The molecule has 2 amide bonds. The van der Waals surface area contributed by atoms with Gasteiger partial charge in [0.25, 0.3) is 0 Å². The van der Waals surface area contributed by atoms with Crippen molar-refractivity contribution in [1.82, 2.24) is 20.9 Å². The van der Waals surface area contributed by atoms with Crippen molar-refractivity contribution < 1.29 is 48.3 Å². The molecule has 14 nitrogen and oxygen atoms in total. The van der Waals surface area contributed by atoms with E-state index in [4.69, 9.17) is 18.9 Å². The van der Waals surface area contributed by atoms with Crippen LogP contribution in [0.25, 0.3) is 11.1 Å². The van der Waals surface area contributed by atoms with E-state index in [-0.39, 0.29) is 45.6 Å². The Hall–Kier alpha value is -6.74. The lowest BCUT2D eigenvalue weighted by Crippen LogP contribution is -2.55. The fourth-order valence-corrected chi connectivity index (χ4v) is 7.20. The molecule has 0 aliphatic heterocycles. The highest BCUT2D eigenvalue weighted by atomic mass is 16.6. The molecule has 5 aromatic carbocycles. The molecule has 5 rings (SSSR count). The molecule has 0 heterocycles. The van der Waals surface area contributed by atoms with Crippen LogP contribution in [0.3, 0.4) is 0 Å². The first-order chi connectivity index (χ1) is 31.6. The van der Waals surface area contributed by atoms with Gasteiger partial charge in [-0.25, -0.2) is 9.59 Å². The largest absolute Gasteiger partial charge is 0.489 e. The number of amides is 2. The highest BCUT2D eigenvalue weighted by Crippen LogP contribution is 2.33. The number of carboxylic acids is 1. The van der Waals surface area contributed by atoms with E-state index in [1.54, 1.807) is 40.9 Å². The van der Waals surface area contributed by atoms with E-state index in [0.29, 0.717) is 28.2 Å². The lowest BCUT2D eigenvalue weighted by Gasteiger charge is -2.32. The Morgan fingerprint density at radius 3 is 1.61 bits per heavy atom. The summed E-state index contributed by atoms with van der Waals surface area (Å²) in [5.41, 5.74) is 4.39. The summed E-state index contributed by atoms with van der Waals surface area (Å²) in [7, 11) is 4.71. The third kappa shape index (κ3) is 15.5. The van der Waals surface area contributed by atoms with Crippen molar-refractivity contribution in [1.29, 1.82) is 0 Å². The van der Waals surface area contributed by atoms with Crippen molar-refractivity contribution in [3.05, 3.63) is 155 Å². The summed E-state index contributed by atoms with van der Waals surface area (Å²) in [6, 6.07) is 36.1. The van der Waals surface area contributed by atoms with Gasteiger partial charge in [-0.15, -0.1) is 0 Å². The van der Waals surface area contributed by atoms with E-state index in [1.807, 2.05) is 121 Å². The van der Waals surface area contributed by atoms with Crippen LogP contribution in [0, 0.1) is 0 Å². The summed E-state index contributed by atoms with van der Waals surface area (Å²) in [6.45, 7) is 5.63. The fourth-order valence-electron chi connectivity index (χ4n) is 7.20. The molecule has 0 bridgehead atoms. The van der Waals surface area contributed by atoms with E-state index < -0.39 is 53.8 Å². The number of hydrogen-bond acceptors (Lipinski definition) is 11. The lowest BCUT2D eigenvalue weighted by molar-refractivity contribution is -0.156. The van der Waals surface area contributed by atoms with Gasteiger partial charge < -0.3 is 50.0 Å². The normalized spacial score (nSPS) is 13.1. The monoisotopic (exact) mass is 902 g/mol. The van der Waals surface area contributed by atoms with Gasteiger partial charge in [-0.2, -0.15) is 0 Å². The highest BCUT2D eigenvalue weighted by molar-refractivity contribution is 5.90. The van der Waals surface area contributed by atoms with E-state index in [1.165, 1.54) is 11.9 Å². The molecule has 0 saturated heterocycles. The van der Waals surface area contributed by atoms with Crippen LogP contribution in [0.4, 0.5) is 4.79 Å². The molecule has 0 fully saturated rings. The Balaban J connectivity index is 1.57. The number of carbonyl (C=O) groups excluding carboxylic acids is 3. The van der Waals surface area contributed by atoms with Gasteiger partial charge in [0.2, 0.25) is 5.91 Å². The van der Waals surface area contributed by atoms with Gasteiger partial charge in [0.1, 0.15) is 55.0 Å². The molecule has 5 N–H and O–H groups in total. The summed E-state index contributed by atoms with van der Waals surface area (Å²) >= 11 is 0. The number of ether oxygens (including phenoxy) is 4. The molecule has 1 unspecified atom stereocenters. The first-order valence-electron chi connectivity index (χ1n) is 21.9. The smallest absolute Gasteiger partial charge is 0.408 e. The average molecular weight is 903 g/mol. The number of rotatable bonds is 23. The highest BCUT2D eigenvalue weighted by Gasteiger charge is 2.36. The minimum absolute atomic E-state index is 0.0680. The minimum atomic E-state index is -1.29. The second kappa shape index (κ2) is 24.5.